The molecule has 2 aromatic heterocycles. The molecule has 1 N–H and O–H groups in total. The lowest BCUT2D eigenvalue weighted by Gasteiger charge is -2.17. The van der Waals surface area contributed by atoms with Crippen molar-refractivity contribution in [2.75, 3.05) is 13.7 Å². The fourth-order valence-corrected chi connectivity index (χ4v) is 2.24. The van der Waals surface area contributed by atoms with Gasteiger partial charge in [0.2, 0.25) is 0 Å². The van der Waals surface area contributed by atoms with Gasteiger partial charge in [-0.2, -0.15) is 0 Å². The number of nitrogens with one attached hydrogen (secondary N) is 1. The number of aromatic nitrogens is 2. The second kappa shape index (κ2) is 8.37. The van der Waals surface area contributed by atoms with Crippen LogP contribution in [0.3, 0.4) is 0 Å². The first-order valence-corrected chi connectivity index (χ1v) is 7.48. The minimum Gasteiger partial charge on any atom is -0.492 e. The lowest BCUT2D eigenvalue weighted by atomic mass is 10.0. The van der Waals surface area contributed by atoms with Crippen LogP contribution in [0.15, 0.2) is 42.9 Å². The average molecular weight is 285 g/mol. The van der Waals surface area contributed by atoms with Crippen molar-refractivity contribution in [3.63, 3.8) is 0 Å². The molecule has 0 aliphatic rings. The molecule has 0 radical (unpaired) electrons. The Kier molecular flexibility index (Phi) is 6.16. The number of hydrogen-bond acceptors (Lipinski definition) is 4. The summed E-state index contributed by atoms with van der Waals surface area (Å²) in [7, 11) is 1.97. The van der Waals surface area contributed by atoms with E-state index < -0.39 is 0 Å². The van der Waals surface area contributed by atoms with Gasteiger partial charge < -0.3 is 10.1 Å². The molecule has 1 unspecified atom stereocenters. The summed E-state index contributed by atoms with van der Waals surface area (Å²) in [6, 6.07) is 8.35. The second-order valence-electron chi connectivity index (χ2n) is 5.00. The summed E-state index contributed by atoms with van der Waals surface area (Å²) in [5.41, 5.74) is 2.27. The zero-order valence-corrected chi connectivity index (χ0v) is 12.7. The fourth-order valence-electron chi connectivity index (χ4n) is 2.24. The number of nitrogens with zero attached hydrogens (tertiary/aromatic N) is 2. The summed E-state index contributed by atoms with van der Waals surface area (Å²) >= 11 is 0. The first kappa shape index (κ1) is 15.4. The van der Waals surface area contributed by atoms with E-state index in [1.54, 1.807) is 6.20 Å². The molecule has 0 amide bonds. The van der Waals surface area contributed by atoms with Gasteiger partial charge in [-0.25, -0.2) is 0 Å². The monoisotopic (exact) mass is 285 g/mol. The predicted molar refractivity (Wildman–Crippen MR) is 84.4 cm³/mol. The molecule has 0 bridgehead atoms. The molecular weight excluding hydrogens is 262 g/mol. The van der Waals surface area contributed by atoms with Crippen molar-refractivity contribution in [3.8, 4) is 5.75 Å². The maximum Gasteiger partial charge on any atom is 0.137 e. The Morgan fingerprint density at radius 2 is 2.19 bits per heavy atom. The summed E-state index contributed by atoms with van der Waals surface area (Å²) in [4.78, 5) is 8.65. The van der Waals surface area contributed by atoms with Gasteiger partial charge in [-0.05, 0) is 50.1 Å². The summed E-state index contributed by atoms with van der Waals surface area (Å²) in [5.74, 6) is 0.840. The van der Waals surface area contributed by atoms with Crippen molar-refractivity contribution in [2.45, 2.75) is 32.2 Å². The number of aryl methyl sites for hydroxylation is 1. The summed E-state index contributed by atoms with van der Waals surface area (Å²) in [6.07, 6.45) is 8.42. The van der Waals surface area contributed by atoms with Crippen LogP contribution >= 0.6 is 0 Å². The molecule has 0 aliphatic heterocycles. The van der Waals surface area contributed by atoms with E-state index in [-0.39, 0.29) is 6.04 Å². The highest BCUT2D eigenvalue weighted by Gasteiger charge is 2.11. The normalized spacial score (nSPS) is 12.1. The van der Waals surface area contributed by atoms with Crippen molar-refractivity contribution in [1.82, 2.24) is 15.3 Å². The van der Waals surface area contributed by atoms with E-state index in [1.807, 2.05) is 31.6 Å². The Morgan fingerprint density at radius 3 is 2.90 bits per heavy atom. The third-order valence-electron chi connectivity index (χ3n) is 3.37. The zero-order valence-electron chi connectivity index (χ0n) is 12.7. The Labute approximate surface area is 126 Å². The van der Waals surface area contributed by atoms with E-state index >= 15 is 0 Å². The molecule has 2 rings (SSSR count). The minimum absolute atomic E-state index is 0.254. The highest BCUT2D eigenvalue weighted by molar-refractivity contribution is 5.26. The van der Waals surface area contributed by atoms with E-state index in [0.717, 1.165) is 42.9 Å². The molecule has 21 heavy (non-hydrogen) atoms. The molecule has 0 saturated carbocycles. The fraction of sp³-hybridized carbons (Fsp3) is 0.412. The van der Waals surface area contributed by atoms with Crippen LogP contribution in [0, 0.1) is 0 Å². The van der Waals surface area contributed by atoms with Gasteiger partial charge in [0.25, 0.3) is 0 Å². The maximum atomic E-state index is 5.65. The molecule has 4 nitrogen and oxygen atoms in total. The smallest absolute Gasteiger partial charge is 0.137 e. The quantitative estimate of drug-likeness (QED) is 0.809. The SMILES string of the molecule is CCCOc1cncc(C(CCc2ccccn2)NC)c1. The Balaban J connectivity index is 1.99. The summed E-state index contributed by atoms with van der Waals surface area (Å²) < 4.78 is 5.65. The van der Waals surface area contributed by atoms with Gasteiger partial charge in [0.1, 0.15) is 5.75 Å². The van der Waals surface area contributed by atoms with Crippen LogP contribution in [-0.2, 0) is 6.42 Å². The van der Waals surface area contributed by atoms with E-state index in [0.29, 0.717) is 0 Å². The van der Waals surface area contributed by atoms with Crippen LogP contribution in [-0.4, -0.2) is 23.6 Å². The van der Waals surface area contributed by atoms with E-state index in [9.17, 15) is 0 Å². The van der Waals surface area contributed by atoms with Crippen molar-refractivity contribution >= 4 is 0 Å². The Hall–Kier alpha value is -1.94. The van der Waals surface area contributed by atoms with Crippen LogP contribution in [0.2, 0.25) is 0 Å². The molecule has 0 aliphatic carbocycles. The zero-order chi connectivity index (χ0) is 14.9. The molecule has 4 heteroatoms. The number of rotatable bonds is 8. The number of hydrogen-bond donors (Lipinski definition) is 1. The largest absolute Gasteiger partial charge is 0.492 e. The summed E-state index contributed by atoms with van der Waals surface area (Å²) in [5, 5.41) is 3.35. The highest BCUT2D eigenvalue weighted by Crippen LogP contribution is 2.21. The van der Waals surface area contributed by atoms with Gasteiger partial charge in [-0.1, -0.05) is 13.0 Å². The molecule has 0 aromatic carbocycles. The molecule has 112 valence electrons. The second-order valence-corrected chi connectivity index (χ2v) is 5.00. The van der Waals surface area contributed by atoms with Crippen LogP contribution in [0.25, 0.3) is 0 Å². The lowest BCUT2D eigenvalue weighted by Crippen LogP contribution is -2.17. The number of pyridine rings is 2. The van der Waals surface area contributed by atoms with Gasteiger partial charge in [0.15, 0.2) is 0 Å². The van der Waals surface area contributed by atoms with Crippen LogP contribution in [0.4, 0.5) is 0 Å². The van der Waals surface area contributed by atoms with Gasteiger partial charge >= 0.3 is 0 Å². The molecule has 0 fully saturated rings. The average Bonchev–Trinajstić information content (AvgIpc) is 2.55. The lowest BCUT2D eigenvalue weighted by molar-refractivity contribution is 0.315. The molecule has 2 heterocycles. The van der Waals surface area contributed by atoms with Gasteiger partial charge in [0.05, 0.1) is 12.8 Å². The van der Waals surface area contributed by atoms with Gasteiger partial charge in [-0.3, -0.25) is 9.97 Å². The van der Waals surface area contributed by atoms with Crippen molar-refractivity contribution in [1.29, 1.82) is 0 Å². The topological polar surface area (TPSA) is 47.0 Å². The molecule has 0 saturated heterocycles. The van der Waals surface area contributed by atoms with Crippen LogP contribution in [0.1, 0.15) is 37.1 Å². The van der Waals surface area contributed by atoms with Crippen LogP contribution < -0.4 is 10.1 Å². The van der Waals surface area contributed by atoms with E-state index in [2.05, 4.69) is 34.3 Å². The third-order valence-corrected chi connectivity index (χ3v) is 3.37. The predicted octanol–water partition coefficient (Wildman–Crippen LogP) is 3.16. The van der Waals surface area contributed by atoms with Gasteiger partial charge in [0, 0.05) is 24.1 Å². The van der Waals surface area contributed by atoms with Crippen molar-refractivity contribution in [3.05, 3.63) is 54.1 Å². The van der Waals surface area contributed by atoms with Crippen LogP contribution in [0.5, 0.6) is 5.75 Å². The van der Waals surface area contributed by atoms with Crippen molar-refractivity contribution in [2.24, 2.45) is 0 Å². The van der Waals surface area contributed by atoms with Gasteiger partial charge in [-0.15, -0.1) is 0 Å². The maximum absolute atomic E-state index is 5.65. The van der Waals surface area contributed by atoms with E-state index in [1.165, 1.54) is 0 Å². The van der Waals surface area contributed by atoms with Crippen molar-refractivity contribution < 1.29 is 4.74 Å². The number of ether oxygens (including phenoxy) is 1. The molecular formula is C17H23N3O. The molecule has 1 atom stereocenters. The molecule has 0 spiro atoms. The highest BCUT2D eigenvalue weighted by atomic mass is 16.5. The Morgan fingerprint density at radius 1 is 1.29 bits per heavy atom. The minimum atomic E-state index is 0.254. The third kappa shape index (κ3) is 4.83. The molecule has 2 aromatic rings. The standard InChI is InChI=1S/C17H23N3O/c1-3-10-21-16-11-14(12-19-13-16)17(18-2)8-7-15-6-4-5-9-20-15/h4-6,9,11-13,17-18H,3,7-8,10H2,1-2H3. The first-order valence-electron chi connectivity index (χ1n) is 7.48. The summed E-state index contributed by atoms with van der Waals surface area (Å²) in [6.45, 7) is 2.82. The van der Waals surface area contributed by atoms with E-state index in [4.69, 9.17) is 4.74 Å². The first-order chi connectivity index (χ1) is 10.3. The Bertz CT molecular complexity index is 531.